The van der Waals surface area contributed by atoms with Crippen LogP contribution in [0.3, 0.4) is 0 Å². The molecule has 1 aromatic carbocycles. The van der Waals surface area contributed by atoms with Gasteiger partial charge in [-0.05, 0) is 24.6 Å². The molecule has 1 N–H and O–H groups in total. The molecule has 2 atom stereocenters. The molecule has 0 bridgehead atoms. The van der Waals surface area contributed by atoms with E-state index in [2.05, 4.69) is 5.32 Å². The van der Waals surface area contributed by atoms with Crippen LogP contribution < -0.4 is 10.1 Å². The monoisotopic (exact) mass is 255 g/mol. The minimum atomic E-state index is -2.97. The Bertz CT molecular complexity index is 481. The van der Waals surface area contributed by atoms with Crippen molar-refractivity contribution in [2.24, 2.45) is 0 Å². The fourth-order valence-corrected chi connectivity index (χ4v) is 3.56. The van der Waals surface area contributed by atoms with Gasteiger partial charge in [0.15, 0.2) is 9.84 Å². The highest BCUT2D eigenvalue weighted by Gasteiger charge is 2.33. The summed E-state index contributed by atoms with van der Waals surface area (Å²) >= 11 is 0. The van der Waals surface area contributed by atoms with Gasteiger partial charge in [0.05, 0.1) is 18.1 Å². The molecule has 0 saturated carbocycles. The lowest BCUT2D eigenvalue weighted by atomic mass is 10.0. The Hall–Kier alpha value is -1.07. The van der Waals surface area contributed by atoms with Gasteiger partial charge >= 0.3 is 0 Å². The van der Waals surface area contributed by atoms with E-state index in [4.69, 9.17) is 4.74 Å². The maximum absolute atomic E-state index is 11.8. The number of benzene rings is 1. The second-order valence-corrected chi connectivity index (χ2v) is 6.75. The molecule has 5 heteroatoms. The third kappa shape index (κ3) is 2.45. The van der Waals surface area contributed by atoms with Crippen LogP contribution >= 0.6 is 0 Å². The number of methoxy groups -OCH3 is 1. The maximum Gasteiger partial charge on any atom is 0.156 e. The van der Waals surface area contributed by atoms with Crippen molar-refractivity contribution in [1.82, 2.24) is 5.32 Å². The SMILES string of the molecule is COc1ccc(C2NCCS(=O)(=O)C2C)cc1. The number of ether oxygens (including phenoxy) is 1. The van der Waals surface area contributed by atoms with E-state index in [-0.39, 0.29) is 17.0 Å². The first-order valence-electron chi connectivity index (χ1n) is 5.63. The zero-order valence-corrected chi connectivity index (χ0v) is 10.8. The van der Waals surface area contributed by atoms with E-state index in [0.29, 0.717) is 6.54 Å². The largest absolute Gasteiger partial charge is 0.497 e. The number of hydrogen-bond acceptors (Lipinski definition) is 4. The van der Waals surface area contributed by atoms with Crippen molar-refractivity contribution in [2.75, 3.05) is 19.4 Å². The van der Waals surface area contributed by atoms with Crippen molar-refractivity contribution in [1.29, 1.82) is 0 Å². The van der Waals surface area contributed by atoms with Gasteiger partial charge in [0.2, 0.25) is 0 Å². The highest BCUT2D eigenvalue weighted by atomic mass is 32.2. The summed E-state index contributed by atoms with van der Waals surface area (Å²) in [5.74, 6) is 1.00. The summed E-state index contributed by atoms with van der Waals surface area (Å²) in [6.45, 7) is 2.28. The predicted octanol–water partition coefficient (Wildman–Crippen LogP) is 1.14. The Morgan fingerprint density at radius 3 is 2.53 bits per heavy atom. The highest BCUT2D eigenvalue weighted by Crippen LogP contribution is 2.26. The summed E-state index contributed by atoms with van der Waals surface area (Å²) in [6, 6.07) is 7.40. The smallest absolute Gasteiger partial charge is 0.156 e. The lowest BCUT2D eigenvalue weighted by Gasteiger charge is -2.30. The topological polar surface area (TPSA) is 55.4 Å². The summed E-state index contributed by atoms with van der Waals surface area (Å²) in [4.78, 5) is 0. The van der Waals surface area contributed by atoms with E-state index in [1.54, 1.807) is 14.0 Å². The third-order valence-corrected chi connectivity index (χ3v) is 5.44. The first kappa shape index (κ1) is 12.4. The van der Waals surface area contributed by atoms with Crippen LogP contribution in [0.15, 0.2) is 24.3 Å². The highest BCUT2D eigenvalue weighted by molar-refractivity contribution is 7.92. The zero-order valence-electron chi connectivity index (χ0n) is 10.0. The van der Waals surface area contributed by atoms with Gasteiger partial charge in [0.25, 0.3) is 0 Å². The van der Waals surface area contributed by atoms with Crippen LogP contribution in [0.5, 0.6) is 5.75 Å². The first-order chi connectivity index (χ1) is 8.04. The summed E-state index contributed by atoms with van der Waals surface area (Å²) < 4.78 is 28.7. The van der Waals surface area contributed by atoms with Gasteiger partial charge in [-0.2, -0.15) is 0 Å². The molecule has 0 aliphatic carbocycles. The van der Waals surface area contributed by atoms with E-state index in [1.165, 1.54) is 0 Å². The molecule has 17 heavy (non-hydrogen) atoms. The van der Waals surface area contributed by atoms with Crippen molar-refractivity contribution in [3.63, 3.8) is 0 Å². The van der Waals surface area contributed by atoms with Crippen LogP contribution in [0.25, 0.3) is 0 Å². The Balaban J connectivity index is 2.26. The molecule has 0 radical (unpaired) electrons. The molecular weight excluding hydrogens is 238 g/mol. The average Bonchev–Trinajstić information content (AvgIpc) is 2.33. The minimum Gasteiger partial charge on any atom is -0.497 e. The molecule has 1 fully saturated rings. The van der Waals surface area contributed by atoms with Crippen LogP contribution in [0, 0.1) is 0 Å². The van der Waals surface area contributed by atoms with E-state index >= 15 is 0 Å². The molecule has 1 heterocycles. The van der Waals surface area contributed by atoms with Crippen molar-refractivity contribution >= 4 is 9.84 Å². The van der Waals surface area contributed by atoms with E-state index in [1.807, 2.05) is 24.3 Å². The van der Waals surface area contributed by atoms with Crippen molar-refractivity contribution in [2.45, 2.75) is 18.2 Å². The lowest BCUT2D eigenvalue weighted by molar-refractivity contribution is 0.414. The van der Waals surface area contributed by atoms with Crippen LogP contribution in [-0.4, -0.2) is 33.1 Å². The Morgan fingerprint density at radius 1 is 1.29 bits per heavy atom. The molecule has 2 rings (SSSR count). The molecule has 2 unspecified atom stereocenters. The molecular formula is C12H17NO3S. The fourth-order valence-electron chi connectivity index (χ4n) is 2.12. The Morgan fingerprint density at radius 2 is 1.94 bits per heavy atom. The van der Waals surface area contributed by atoms with E-state index < -0.39 is 9.84 Å². The fraction of sp³-hybridized carbons (Fsp3) is 0.500. The number of hydrogen-bond donors (Lipinski definition) is 1. The van der Waals surface area contributed by atoms with Crippen molar-refractivity contribution < 1.29 is 13.2 Å². The van der Waals surface area contributed by atoms with Gasteiger partial charge in [-0.15, -0.1) is 0 Å². The maximum atomic E-state index is 11.8. The molecule has 0 aromatic heterocycles. The molecule has 1 aliphatic heterocycles. The van der Waals surface area contributed by atoms with Crippen molar-refractivity contribution in [3.05, 3.63) is 29.8 Å². The number of nitrogens with one attached hydrogen (secondary N) is 1. The van der Waals surface area contributed by atoms with Gasteiger partial charge in [-0.25, -0.2) is 8.42 Å². The van der Waals surface area contributed by atoms with Gasteiger partial charge in [-0.1, -0.05) is 12.1 Å². The molecule has 94 valence electrons. The van der Waals surface area contributed by atoms with Gasteiger partial charge in [-0.3, -0.25) is 0 Å². The summed E-state index contributed by atoms with van der Waals surface area (Å²) in [5, 5.41) is 2.87. The molecule has 0 spiro atoms. The first-order valence-corrected chi connectivity index (χ1v) is 7.35. The Labute approximate surface area is 102 Å². The Kier molecular flexibility index (Phi) is 3.40. The lowest BCUT2D eigenvalue weighted by Crippen LogP contribution is -2.45. The van der Waals surface area contributed by atoms with Crippen LogP contribution in [0.1, 0.15) is 18.5 Å². The minimum absolute atomic E-state index is 0.125. The normalized spacial score (nSPS) is 27.6. The summed E-state index contributed by atoms with van der Waals surface area (Å²) in [6.07, 6.45) is 0. The summed E-state index contributed by atoms with van der Waals surface area (Å²) in [7, 11) is -1.36. The zero-order chi connectivity index (χ0) is 12.5. The van der Waals surface area contributed by atoms with Crippen molar-refractivity contribution in [3.8, 4) is 5.75 Å². The second kappa shape index (κ2) is 4.66. The average molecular weight is 255 g/mol. The van der Waals surface area contributed by atoms with E-state index in [0.717, 1.165) is 11.3 Å². The van der Waals surface area contributed by atoms with Gasteiger partial charge in [0.1, 0.15) is 5.75 Å². The van der Waals surface area contributed by atoms with Gasteiger partial charge < -0.3 is 10.1 Å². The third-order valence-electron chi connectivity index (χ3n) is 3.26. The summed E-state index contributed by atoms with van der Waals surface area (Å²) in [5.41, 5.74) is 0.988. The molecule has 1 saturated heterocycles. The predicted molar refractivity (Wildman–Crippen MR) is 67.0 cm³/mol. The molecule has 4 nitrogen and oxygen atoms in total. The molecule has 1 aromatic rings. The molecule has 0 amide bonds. The second-order valence-electron chi connectivity index (χ2n) is 4.28. The molecule has 1 aliphatic rings. The van der Waals surface area contributed by atoms with Crippen LogP contribution in [0.4, 0.5) is 0 Å². The quantitative estimate of drug-likeness (QED) is 0.861. The standard InChI is InChI=1S/C12H17NO3S/c1-9-12(13-7-8-17(9,14)15)10-3-5-11(16-2)6-4-10/h3-6,9,12-13H,7-8H2,1-2H3. The van der Waals surface area contributed by atoms with Crippen LogP contribution in [0.2, 0.25) is 0 Å². The number of rotatable bonds is 2. The number of sulfone groups is 1. The van der Waals surface area contributed by atoms with Gasteiger partial charge in [0, 0.05) is 12.6 Å². The van der Waals surface area contributed by atoms with E-state index in [9.17, 15) is 8.42 Å². The van der Waals surface area contributed by atoms with Crippen LogP contribution in [-0.2, 0) is 9.84 Å².